The van der Waals surface area contributed by atoms with Crippen molar-refractivity contribution in [3.05, 3.63) is 63.5 Å². The molecule has 2 aromatic carbocycles. The monoisotopic (exact) mass is 408 g/mol. The molecule has 128 valence electrons. The van der Waals surface area contributed by atoms with Crippen LogP contribution >= 0.6 is 46.3 Å². The zero-order chi connectivity index (χ0) is 17.8. The van der Waals surface area contributed by atoms with E-state index in [0.717, 1.165) is 26.8 Å². The van der Waals surface area contributed by atoms with Gasteiger partial charge in [-0.1, -0.05) is 53.2 Å². The molecule has 0 atom stereocenters. The lowest BCUT2D eigenvalue weighted by atomic mass is 10.2. The van der Waals surface area contributed by atoms with Gasteiger partial charge < -0.3 is 5.32 Å². The van der Waals surface area contributed by atoms with Gasteiger partial charge in [0, 0.05) is 26.7 Å². The van der Waals surface area contributed by atoms with Crippen molar-refractivity contribution >= 4 is 57.9 Å². The van der Waals surface area contributed by atoms with Gasteiger partial charge in [0.25, 0.3) is 0 Å². The highest BCUT2D eigenvalue weighted by molar-refractivity contribution is 8.01. The van der Waals surface area contributed by atoms with Crippen LogP contribution in [0.25, 0.3) is 11.3 Å². The van der Waals surface area contributed by atoms with E-state index in [1.165, 1.54) is 23.1 Å². The second kappa shape index (κ2) is 8.23. The van der Waals surface area contributed by atoms with Crippen LogP contribution in [-0.2, 0) is 4.79 Å². The summed E-state index contributed by atoms with van der Waals surface area (Å²) >= 11 is 14.8. The van der Waals surface area contributed by atoms with Crippen LogP contribution in [0.1, 0.15) is 5.56 Å². The number of thioether (sulfide) groups is 1. The number of aryl methyl sites for hydroxylation is 1. The van der Waals surface area contributed by atoms with Gasteiger partial charge >= 0.3 is 0 Å². The molecule has 0 saturated carbocycles. The van der Waals surface area contributed by atoms with Gasteiger partial charge in [-0.25, -0.2) is 4.98 Å². The number of anilines is 1. The number of nitrogens with one attached hydrogen (secondary N) is 1. The summed E-state index contributed by atoms with van der Waals surface area (Å²) in [6, 6.07) is 13.0. The van der Waals surface area contributed by atoms with E-state index in [9.17, 15) is 4.79 Å². The quantitative estimate of drug-likeness (QED) is 0.514. The van der Waals surface area contributed by atoms with E-state index >= 15 is 0 Å². The zero-order valence-electron chi connectivity index (χ0n) is 13.3. The lowest BCUT2D eigenvalue weighted by Gasteiger charge is -2.08. The Kier molecular flexibility index (Phi) is 6.02. The number of aromatic nitrogens is 1. The lowest BCUT2D eigenvalue weighted by Crippen LogP contribution is -2.14. The van der Waals surface area contributed by atoms with E-state index < -0.39 is 0 Å². The third-order valence-corrected chi connectivity index (χ3v) is 5.93. The van der Waals surface area contributed by atoms with Gasteiger partial charge in [-0.05, 0) is 36.8 Å². The number of amides is 1. The standard InChI is InChI=1S/C18H14Cl2N2OS2/c1-11-2-5-14(20)8-15(11)21-17(23)10-25-18-22-16(9-24-18)12-3-6-13(19)7-4-12/h2-9H,10H2,1H3,(H,21,23). The van der Waals surface area contributed by atoms with Gasteiger partial charge in [0.05, 0.1) is 11.4 Å². The molecule has 3 nitrogen and oxygen atoms in total. The molecule has 1 aromatic heterocycles. The van der Waals surface area contributed by atoms with Crippen molar-refractivity contribution in [1.29, 1.82) is 0 Å². The SMILES string of the molecule is Cc1ccc(Cl)cc1NC(=O)CSc1nc(-c2ccc(Cl)cc2)cs1. The van der Waals surface area contributed by atoms with Crippen LogP contribution in [0.3, 0.4) is 0 Å². The highest BCUT2D eigenvalue weighted by atomic mass is 35.5. The zero-order valence-corrected chi connectivity index (χ0v) is 16.4. The average Bonchev–Trinajstić information content (AvgIpc) is 3.06. The lowest BCUT2D eigenvalue weighted by molar-refractivity contribution is -0.113. The summed E-state index contributed by atoms with van der Waals surface area (Å²) in [6.45, 7) is 1.93. The number of thiazole rings is 1. The fourth-order valence-corrected chi connectivity index (χ4v) is 4.05. The topological polar surface area (TPSA) is 42.0 Å². The maximum absolute atomic E-state index is 12.2. The highest BCUT2D eigenvalue weighted by Crippen LogP contribution is 2.29. The Morgan fingerprint density at radius 3 is 2.64 bits per heavy atom. The highest BCUT2D eigenvalue weighted by Gasteiger charge is 2.10. The van der Waals surface area contributed by atoms with Crippen LogP contribution in [-0.4, -0.2) is 16.6 Å². The minimum atomic E-state index is -0.0846. The van der Waals surface area contributed by atoms with Gasteiger partial charge in [0.15, 0.2) is 4.34 Å². The van der Waals surface area contributed by atoms with Crippen LogP contribution in [0, 0.1) is 6.92 Å². The maximum Gasteiger partial charge on any atom is 0.234 e. The van der Waals surface area contributed by atoms with E-state index in [1.54, 1.807) is 12.1 Å². The number of benzene rings is 2. The molecule has 0 saturated heterocycles. The first kappa shape index (κ1) is 18.3. The molecular formula is C18H14Cl2N2OS2. The van der Waals surface area contributed by atoms with Crippen LogP contribution in [0.5, 0.6) is 0 Å². The van der Waals surface area contributed by atoms with E-state index in [-0.39, 0.29) is 5.91 Å². The minimum Gasteiger partial charge on any atom is -0.325 e. The molecule has 0 aliphatic rings. The van der Waals surface area contributed by atoms with Crippen molar-refractivity contribution in [1.82, 2.24) is 4.98 Å². The molecule has 0 bridgehead atoms. The number of nitrogens with zero attached hydrogens (tertiary/aromatic N) is 1. The fraction of sp³-hybridized carbons (Fsp3) is 0.111. The maximum atomic E-state index is 12.2. The summed E-state index contributed by atoms with van der Waals surface area (Å²) in [5, 5.41) is 6.15. The predicted octanol–water partition coefficient (Wildman–Crippen LogP) is 6.16. The van der Waals surface area contributed by atoms with Crippen LogP contribution in [0.15, 0.2) is 52.2 Å². The number of hydrogen-bond acceptors (Lipinski definition) is 4. The molecule has 7 heteroatoms. The Labute approximate surface area is 164 Å². The van der Waals surface area contributed by atoms with E-state index in [4.69, 9.17) is 23.2 Å². The largest absolute Gasteiger partial charge is 0.325 e. The average molecular weight is 409 g/mol. The van der Waals surface area contributed by atoms with Gasteiger partial charge in [0.2, 0.25) is 5.91 Å². The summed E-state index contributed by atoms with van der Waals surface area (Å²) < 4.78 is 0.850. The molecular weight excluding hydrogens is 395 g/mol. The van der Waals surface area contributed by atoms with E-state index in [2.05, 4.69) is 10.3 Å². The summed E-state index contributed by atoms with van der Waals surface area (Å²) in [5.41, 5.74) is 3.60. The van der Waals surface area contributed by atoms with Crippen LogP contribution in [0.2, 0.25) is 10.0 Å². The molecule has 0 aliphatic carbocycles. The Hall–Kier alpha value is -1.53. The Morgan fingerprint density at radius 1 is 1.16 bits per heavy atom. The molecule has 0 aliphatic heterocycles. The second-order valence-electron chi connectivity index (χ2n) is 5.30. The van der Waals surface area contributed by atoms with Crippen molar-refractivity contribution in [3.63, 3.8) is 0 Å². The Morgan fingerprint density at radius 2 is 1.88 bits per heavy atom. The number of halogens is 2. The molecule has 3 aromatic rings. The number of carbonyl (C=O) groups is 1. The van der Waals surface area contributed by atoms with E-state index in [0.29, 0.717) is 15.8 Å². The Balaban J connectivity index is 1.59. The molecule has 1 N–H and O–H groups in total. The third-order valence-electron chi connectivity index (χ3n) is 3.42. The van der Waals surface area contributed by atoms with Gasteiger partial charge in [-0.2, -0.15) is 0 Å². The Bertz CT molecular complexity index is 894. The first-order valence-corrected chi connectivity index (χ1v) is 10.0. The van der Waals surface area contributed by atoms with Gasteiger partial charge in [-0.15, -0.1) is 11.3 Å². The van der Waals surface area contributed by atoms with Crippen molar-refractivity contribution < 1.29 is 4.79 Å². The fourth-order valence-electron chi connectivity index (χ4n) is 2.12. The molecule has 0 unspecified atom stereocenters. The molecule has 0 radical (unpaired) electrons. The molecule has 0 spiro atoms. The summed E-state index contributed by atoms with van der Waals surface area (Å²) in [4.78, 5) is 16.7. The first-order chi connectivity index (χ1) is 12.0. The van der Waals surface area contributed by atoms with Crippen LogP contribution in [0.4, 0.5) is 5.69 Å². The normalized spacial score (nSPS) is 10.7. The number of rotatable bonds is 5. The van der Waals surface area contributed by atoms with Crippen molar-refractivity contribution in [2.75, 3.05) is 11.1 Å². The van der Waals surface area contributed by atoms with Gasteiger partial charge in [0.1, 0.15) is 0 Å². The summed E-state index contributed by atoms with van der Waals surface area (Å²) in [5.74, 6) is 0.207. The summed E-state index contributed by atoms with van der Waals surface area (Å²) in [6.07, 6.45) is 0. The third kappa shape index (κ3) is 4.98. The van der Waals surface area contributed by atoms with Gasteiger partial charge in [-0.3, -0.25) is 4.79 Å². The van der Waals surface area contributed by atoms with Crippen LogP contribution < -0.4 is 5.32 Å². The minimum absolute atomic E-state index is 0.0846. The smallest absolute Gasteiger partial charge is 0.234 e. The summed E-state index contributed by atoms with van der Waals surface area (Å²) in [7, 11) is 0. The molecule has 1 heterocycles. The number of hydrogen-bond donors (Lipinski definition) is 1. The molecule has 3 rings (SSSR count). The first-order valence-electron chi connectivity index (χ1n) is 7.41. The predicted molar refractivity (Wildman–Crippen MR) is 108 cm³/mol. The molecule has 0 fully saturated rings. The second-order valence-corrected chi connectivity index (χ2v) is 8.26. The van der Waals surface area contributed by atoms with E-state index in [1.807, 2.05) is 42.6 Å². The van der Waals surface area contributed by atoms with Crippen molar-refractivity contribution in [2.24, 2.45) is 0 Å². The van der Waals surface area contributed by atoms with Crippen molar-refractivity contribution in [2.45, 2.75) is 11.3 Å². The molecule has 1 amide bonds. The number of carbonyl (C=O) groups excluding carboxylic acids is 1. The molecule has 25 heavy (non-hydrogen) atoms. The van der Waals surface area contributed by atoms with Crippen molar-refractivity contribution in [3.8, 4) is 11.3 Å².